The molecule has 3 aromatic rings. The fourth-order valence-corrected chi connectivity index (χ4v) is 3.89. The molecule has 34 heavy (non-hydrogen) atoms. The molecule has 1 aliphatic heterocycles. The van der Waals surface area contributed by atoms with E-state index in [1.165, 1.54) is 29.0 Å². The first-order chi connectivity index (χ1) is 16.3. The minimum absolute atomic E-state index is 0.0408. The number of aromatic nitrogens is 1. The number of hydrogen-bond donors (Lipinski definition) is 1. The number of hydrazone groups is 1. The Morgan fingerprint density at radius 1 is 1.06 bits per heavy atom. The van der Waals surface area contributed by atoms with Gasteiger partial charge in [-0.2, -0.15) is 15.4 Å². The maximum Gasteiger partial charge on any atom is 0.347 e. The van der Waals surface area contributed by atoms with Crippen LogP contribution in [0.3, 0.4) is 0 Å². The van der Waals surface area contributed by atoms with Gasteiger partial charge in [-0.3, -0.25) is 4.79 Å². The maximum absolute atomic E-state index is 12.5. The van der Waals surface area contributed by atoms with Crippen LogP contribution in [0.2, 0.25) is 15.1 Å². The number of nitrogens with one attached hydrogen (secondary N) is 1. The zero-order valence-electron chi connectivity index (χ0n) is 17.3. The summed E-state index contributed by atoms with van der Waals surface area (Å²) in [5, 5.41) is 16.6. The number of allylic oxidation sites excluding steroid dienone is 1. The molecule has 0 fully saturated rings. The first-order valence-corrected chi connectivity index (χ1v) is 10.8. The first kappa shape index (κ1) is 23.4. The summed E-state index contributed by atoms with van der Waals surface area (Å²) in [6.45, 7) is 3.85. The molecular formula is C23H14Cl3N5O3. The number of nitriles is 1. The molecule has 0 radical (unpaired) electrons. The number of carbonyl (C=O) groups excluding carboxylic acids is 1. The Balaban J connectivity index is 1.66. The number of hydrogen-bond acceptors (Lipinski definition) is 5. The molecule has 0 aliphatic carbocycles. The summed E-state index contributed by atoms with van der Waals surface area (Å²) in [4.78, 5) is 24.8. The Bertz CT molecular complexity index is 1420. The van der Waals surface area contributed by atoms with Gasteiger partial charge in [-0.1, -0.05) is 71.7 Å². The Morgan fingerprint density at radius 2 is 1.74 bits per heavy atom. The number of rotatable bonds is 5. The van der Waals surface area contributed by atoms with Crippen LogP contribution < -0.4 is 20.6 Å². The molecule has 0 unspecified atom stereocenters. The number of ether oxygens (including phenoxy) is 1. The highest BCUT2D eigenvalue weighted by molar-refractivity contribution is 6.38. The van der Waals surface area contributed by atoms with Crippen molar-refractivity contribution in [1.82, 2.24) is 9.88 Å². The Morgan fingerprint density at radius 3 is 2.38 bits per heavy atom. The van der Waals surface area contributed by atoms with Crippen molar-refractivity contribution < 1.29 is 9.53 Å². The number of urea groups is 1. The van der Waals surface area contributed by atoms with Gasteiger partial charge in [0.2, 0.25) is 0 Å². The summed E-state index contributed by atoms with van der Waals surface area (Å²) in [7, 11) is 0. The van der Waals surface area contributed by atoms with Crippen LogP contribution in [-0.4, -0.2) is 16.3 Å². The van der Waals surface area contributed by atoms with Crippen LogP contribution in [0, 0.1) is 11.3 Å². The molecule has 0 bridgehead atoms. The van der Waals surface area contributed by atoms with E-state index in [2.05, 4.69) is 17.0 Å². The van der Waals surface area contributed by atoms with Gasteiger partial charge in [0.25, 0.3) is 5.56 Å². The lowest BCUT2D eigenvalue weighted by molar-refractivity contribution is 0.248. The van der Waals surface area contributed by atoms with Gasteiger partial charge < -0.3 is 14.6 Å². The van der Waals surface area contributed by atoms with E-state index in [-0.39, 0.29) is 55.8 Å². The highest BCUT2D eigenvalue weighted by Crippen LogP contribution is 2.40. The van der Waals surface area contributed by atoms with Gasteiger partial charge >= 0.3 is 6.03 Å². The fourth-order valence-electron chi connectivity index (χ4n) is 3.12. The molecule has 0 spiro atoms. The molecule has 1 N–H and O–H groups in total. The molecule has 1 aliphatic rings. The second kappa shape index (κ2) is 9.61. The van der Waals surface area contributed by atoms with E-state index in [4.69, 9.17) is 44.8 Å². The highest BCUT2D eigenvalue weighted by Gasteiger charge is 2.26. The van der Waals surface area contributed by atoms with Crippen LogP contribution >= 0.6 is 34.8 Å². The molecule has 0 saturated carbocycles. The third kappa shape index (κ3) is 4.77. The van der Waals surface area contributed by atoms with E-state index >= 15 is 0 Å². The van der Waals surface area contributed by atoms with Crippen LogP contribution in [0.25, 0.3) is 0 Å². The van der Waals surface area contributed by atoms with Gasteiger partial charge in [0.05, 0.1) is 34.2 Å². The van der Waals surface area contributed by atoms with E-state index in [0.29, 0.717) is 0 Å². The topological polar surface area (TPSA) is 99.7 Å². The Kier molecular flexibility index (Phi) is 6.61. The van der Waals surface area contributed by atoms with Crippen LogP contribution in [0.1, 0.15) is 5.56 Å². The van der Waals surface area contributed by atoms with E-state index in [9.17, 15) is 9.59 Å². The SMILES string of the molecule is C=C1NC(=O)N(c2cc(Cl)c(Oc3cc(Cl)c(=O)n(Cc4ccccc4)c3)c(Cl)c2)N=C1C#N. The number of anilines is 1. The summed E-state index contributed by atoms with van der Waals surface area (Å²) >= 11 is 18.9. The van der Waals surface area contributed by atoms with Gasteiger partial charge in [0.1, 0.15) is 16.8 Å². The second-order valence-corrected chi connectivity index (χ2v) is 8.29. The van der Waals surface area contributed by atoms with Crippen molar-refractivity contribution in [3.8, 4) is 17.6 Å². The lowest BCUT2D eigenvalue weighted by Crippen LogP contribution is -2.42. The molecule has 8 nitrogen and oxygen atoms in total. The molecule has 11 heteroatoms. The third-order valence-electron chi connectivity index (χ3n) is 4.70. The van der Waals surface area contributed by atoms with E-state index in [1.807, 2.05) is 36.4 Å². The lowest BCUT2D eigenvalue weighted by atomic mass is 10.2. The predicted octanol–water partition coefficient (Wildman–Crippen LogP) is 5.57. The van der Waals surface area contributed by atoms with Crippen LogP contribution in [0.5, 0.6) is 11.5 Å². The number of halogens is 3. The molecule has 2 aromatic carbocycles. The van der Waals surface area contributed by atoms with Crippen LogP contribution in [-0.2, 0) is 6.54 Å². The molecule has 4 rings (SSSR count). The molecular weight excluding hydrogens is 501 g/mol. The largest absolute Gasteiger partial charge is 0.453 e. The fraction of sp³-hybridized carbons (Fsp3) is 0.0435. The molecule has 2 heterocycles. The quantitative estimate of drug-likeness (QED) is 0.481. The van der Waals surface area contributed by atoms with Crippen molar-refractivity contribution in [1.29, 1.82) is 5.26 Å². The van der Waals surface area contributed by atoms with Gasteiger partial charge in [0, 0.05) is 6.07 Å². The second-order valence-electron chi connectivity index (χ2n) is 7.06. The zero-order valence-corrected chi connectivity index (χ0v) is 19.5. The smallest absolute Gasteiger partial charge is 0.347 e. The summed E-state index contributed by atoms with van der Waals surface area (Å²) in [6, 6.07) is 14.7. The molecule has 0 atom stereocenters. The molecule has 0 saturated heterocycles. The van der Waals surface area contributed by atoms with E-state index < -0.39 is 6.03 Å². The minimum atomic E-state index is -0.635. The van der Waals surface area contributed by atoms with Crippen molar-refractivity contribution in [2.24, 2.45) is 5.10 Å². The zero-order chi connectivity index (χ0) is 24.4. The first-order valence-electron chi connectivity index (χ1n) is 9.66. The standard InChI is InChI=1S/C23H14Cl3N5O3/c1-13-20(10-27)29-31(23(33)28-13)15-7-17(24)21(18(25)8-15)34-16-9-19(26)22(32)30(12-16)11-14-5-3-2-4-6-14/h2-9,12H,1,11H2,(H,28,33). The van der Waals surface area contributed by atoms with Crippen molar-refractivity contribution >= 4 is 52.2 Å². The maximum atomic E-state index is 12.5. The summed E-state index contributed by atoms with van der Waals surface area (Å²) in [5.74, 6) is 0.313. The predicted molar refractivity (Wildman–Crippen MR) is 131 cm³/mol. The van der Waals surface area contributed by atoms with Gasteiger partial charge in [-0.15, -0.1) is 0 Å². The van der Waals surface area contributed by atoms with Crippen molar-refractivity contribution in [2.75, 3.05) is 5.01 Å². The minimum Gasteiger partial charge on any atom is -0.453 e. The monoisotopic (exact) mass is 513 g/mol. The number of carbonyl (C=O) groups is 1. The van der Waals surface area contributed by atoms with Crippen LogP contribution in [0.15, 0.2) is 76.9 Å². The summed E-state index contributed by atoms with van der Waals surface area (Å²) in [6.07, 6.45) is 1.50. The summed E-state index contributed by atoms with van der Waals surface area (Å²) in [5.41, 5.74) is 0.741. The number of amides is 2. The Hall–Kier alpha value is -3.77. The molecule has 2 amide bonds. The van der Waals surface area contributed by atoms with E-state index in [0.717, 1.165) is 10.6 Å². The van der Waals surface area contributed by atoms with Crippen molar-refractivity contribution in [3.63, 3.8) is 0 Å². The number of benzene rings is 2. The van der Waals surface area contributed by atoms with Crippen LogP contribution in [0.4, 0.5) is 10.5 Å². The van der Waals surface area contributed by atoms with Crippen molar-refractivity contribution in [3.05, 3.63) is 98.0 Å². The van der Waals surface area contributed by atoms with E-state index in [1.54, 1.807) is 0 Å². The normalized spacial score (nSPS) is 13.2. The van der Waals surface area contributed by atoms with Gasteiger partial charge in [-0.05, 0) is 17.7 Å². The Labute approximate surface area is 208 Å². The molecule has 1 aromatic heterocycles. The highest BCUT2D eigenvalue weighted by atomic mass is 35.5. The van der Waals surface area contributed by atoms with Gasteiger partial charge in [0.15, 0.2) is 11.5 Å². The van der Waals surface area contributed by atoms with Crippen molar-refractivity contribution in [2.45, 2.75) is 6.54 Å². The average molecular weight is 515 g/mol. The molecule has 170 valence electrons. The third-order valence-corrected chi connectivity index (χ3v) is 5.53. The lowest BCUT2D eigenvalue weighted by Gasteiger charge is -2.24. The average Bonchev–Trinajstić information content (AvgIpc) is 2.80. The number of nitrogens with zero attached hydrogens (tertiary/aromatic N) is 4. The summed E-state index contributed by atoms with van der Waals surface area (Å²) < 4.78 is 7.26. The number of pyridine rings is 1. The van der Waals surface area contributed by atoms with Gasteiger partial charge in [-0.25, -0.2) is 4.79 Å².